The second-order valence-corrected chi connectivity index (χ2v) is 7.80. The first-order chi connectivity index (χ1) is 7.68. The van der Waals surface area contributed by atoms with Gasteiger partial charge >= 0.3 is 0 Å². The summed E-state index contributed by atoms with van der Waals surface area (Å²) >= 11 is 8.84. The standard InChI is InChI=1S/C12H17Br2NS/c13-9-7-10(16-12(9)14)11(15)8-5-3-1-2-4-6-8/h7-8,11H,1-6,15H2. The van der Waals surface area contributed by atoms with Gasteiger partial charge in [0.05, 0.1) is 3.79 Å². The van der Waals surface area contributed by atoms with Gasteiger partial charge in [0.15, 0.2) is 0 Å². The summed E-state index contributed by atoms with van der Waals surface area (Å²) in [6, 6.07) is 2.40. The zero-order valence-electron chi connectivity index (χ0n) is 9.22. The van der Waals surface area contributed by atoms with Crippen LogP contribution in [0.5, 0.6) is 0 Å². The predicted octanol–water partition coefficient (Wildman–Crippen LogP) is 5.24. The van der Waals surface area contributed by atoms with Crippen LogP contribution >= 0.6 is 43.2 Å². The van der Waals surface area contributed by atoms with Crippen molar-refractivity contribution in [2.45, 2.75) is 44.6 Å². The maximum absolute atomic E-state index is 6.39. The molecule has 1 aromatic heterocycles. The van der Waals surface area contributed by atoms with Gasteiger partial charge in [-0.2, -0.15) is 0 Å². The minimum atomic E-state index is 0.227. The molecule has 1 fully saturated rings. The molecule has 0 amide bonds. The average Bonchev–Trinajstić information content (AvgIpc) is 2.51. The first-order valence-corrected chi connectivity index (χ1v) is 8.29. The van der Waals surface area contributed by atoms with E-state index in [1.807, 2.05) is 0 Å². The van der Waals surface area contributed by atoms with Gasteiger partial charge in [0, 0.05) is 15.4 Å². The fourth-order valence-corrected chi connectivity index (χ4v) is 4.61. The molecule has 1 atom stereocenters. The molecule has 0 radical (unpaired) electrons. The summed E-state index contributed by atoms with van der Waals surface area (Å²) in [6.45, 7) is 0. The fraction of sp³-hybridized carbons (Fsp3) is 0.667. The lowest BCUT2D eigenvalue weighted by molar-refractivity contribution is 0.386. The molecule has 1 heterocycles. The summed E-state index contributed by atoms with van der Waals surface area (Å²) in [4.78, 5) is 1.31. The van der Waals surface area contributed by atoms with Gasteiger partial charge in [0.2, 0.25) is 0 Å². The highest BCUT2D eigenvalue weighted by molar-refractivity contribution is 9.13. The zero-order chi connectivity index (χ0) is 11.5. The van der Waals surface area contributed by atoms with Crippen molar-refractivity contribution in [2.75, 3.05) is 0 Å². The Morgan fingerprint density at radius 2 is 1.81 bits per heavy atom. The first kappa shape index (κ1) is 13.1. The van der Waals surface area contributed by atoms with Crippen LogP contribution in [0.25, 0.3) is 0 Å². The van der Waals surface area contributed by atoms with Gasteiger partial charge in [-0.15, -0.1) is 11.3 Å². The Morgan fingerprint density at radius 1 is 1.19 bits per heavy atom. The van der Waals surface area contributed by atoms with E-state index in [9.17, 15) is 0 Å². The van der Waals surface area contributed by atoms with Gasteiger partial charge in [-0.3, -0.25) is 0 Å². The summed E-state index contributed by atoms with van der Waals surface area (Å²) in [5.41, 5.74) is 6.39. The molecular weight excluding hydrogens is 350 g/mol. The molecule has 2 rings (SSSR count). The molecule has 1 unspecified atom stereocenters. The Balaban J connectivity index is 2.07. The molecule has 1 aliphatic rings. The summed E-state index contributed by atoms with van der Waals surface area (Å²) in [5, 5.41) is 0. The molecule has 90 valence electrons. The lowest BCUT2D eigenvalue weighted by Crippen LogP contribution is -2.19. The van der Waals surface area contributed by atoms with E-state index in [1.54, 1.807) is 11.3 Å². The van der Waals surface area contributed by atoms with Gasteiger partial charge in [0.1, 0.15) is 0 Å². The van der Waals surface area contributed by atoms with Crippen molar-refractivity contribution in [3.05, 3.63) is 19.2 Å². The topological polar surface area (TPSA) is 26.0 Å². The number of hydrogen-bond acceptors (Lipinski definition) is 2. The van der Waals surface area contributed by atoms with Crippen LogP contribution in [0.4, 0.5) is 0 Å². The van der Waals surface area contributed by atoms with E-state index in [0.29, 0.717) is 5.92 Å². The van der Waals surface area contributed by atoms with Crippen LogP contribution in [-0.4, -0.2) is 0 Å². The van der Waals surface area contributed by atoms with Gasteiger partial charge in [-0.25, -0.2) is 0 Å². The van der Waals surface area contributed by atoms with Crippen molar-refractivity contribution < 1.29 is 0 Å². The van der Waals surface area contributed by atoms with E-state index < -0.39 is 0 Å². The van der Waals surface area contributed by atoms with E-state index in [4.69, 9.17) is 5.73 Å². The normalized spacial score (nSPS) is 20.7. The van der Waals surface area contributed by atoms with E-state index in [1.165, 1.54) is 43.4 Å². The van der Waals surface area contributed by atoms with Gasteiger partial charge in [0.25, 0.3) is 0 Å². The smallest absolute Gasteiger partial charge is 0.0843 e. The third kappa shape index (κ3) is 3.09. The van der Waals surface area contributed by atoms with Gasteiger partial charge < -0.3 is 5.73 Å². The third-order valence-electron chi connectivity index (χ3n) is 3.40. The molecule has 0 bridgehead atoms. The highest BCUT2D eigenvalue weighted by Crippen LogP contribution is 2.39. The van der Waals surface area contributed by atoms with Crippen LogP contribution in [0.3, 0.4) is 0 Å². The molecular formula is C12H17Br2NS. The van der Waals surface area contributed by atoms with Crippen LogP contribution in [0.1, 0.15) is 49.4 Å². The Morgan fingerprint density at radius 3 is 2.31 bits per heavy atom. The number of thiophene rings is 1. The van der Waals surface area contributed by atoms with Crippen molar-refractivity contribution in [2.24, 2.45) is 11.7 Å². The molecule has 0 spiro atoms. The third-order valence-corrected chi connectivity index (χ3v) is 6.76. The molecule has 0 aromatic carbocycles. The average molecular weight is 367 g/mol. The van der Waals surface area contributed by atoms with E-state index in [0.717, 1.165) is 8.26 Å². The Bertz CT molecular complexity index is 323. The molecule has 1 aromatic rings. The molecule has 1 saturated carbocycles. The summed E-state index contributed by atoms with van der Waals surface area (Å²) in [7, 11) is 0. The van der Waals surface area contributed by atoms with Crippen LogP contribution < -0.4 is 5.73 Å². The Kier molecular flexibility index (Phi) is 4.89. The maximum atomic E-state index is 6.39. The van der Waals surface area contributed by atoms with E-state index in [2.05, 4.69) is 37.9 Å². The molecule has 1 aliphatic carbocycles. The number of halogens is 2. The lowest BCUT2D eigenvalue weighted by atomic mass is 9.91. The Hall–Kier alpha value is 0.620. The van der Waals surface area contributed by atoms with Gasteiger partial charge in [-0.1, -0.05) is 25.7 Å². The zero-order valence-corrected chi connectivity index (χ0v) is 13.2. The van der Waals surface area contributed by atoms with Crippen molar-refractivity contribution in [3.8, 4) is 0 Å². The Labute approximate surface area is 118 Å². The second-order valence-electron chi connectivity index (χ2n) is 4.55. The summed E-state index contributed by atoms with van der Waals surface area (Å²) in [5.74, 6) is 0.681. The van der Waals surface area contributed by atoms with Crippen molar-refractivity contribution in [3.63, 3.8) is 0 Å². The predicted molar refractivity (Wildman–Crippen MR) is 77.8 cm³/mol. The highest BCUT2D eigenvalue weighted by Gasteiger charge is 2.22. The quantitative estimate of drug-likeness (QED) is 0.711. The fourth-order valence-electron chi connectivity index (χ4n) is 2.43. The number of rotatable bonds is 2. The lowest BCUT2D eigenvalue weighted by Gasteiger charge is -2.21. The summed E-state index contributed by atoms with van der Waals surface area (Å²) in [6.07, 6.45) is 8.09. The minimum Gasteiger partial charge on any atom is -0.323 e. The highest BCUT2D eigenvalue weighted by atomic mass is 79.9. The molecule has 0 saturated heterocycles. The molecule has 0 aliphatic heterocycles. The van der Waals surface area contributed by atoms with Crippen molar-refractivity contribution >= 4 is 43.2 Å². The van der Waals surface area contributed by atoms with Crippen LogP contribution in [0.2, 0.25) is 0 Å². The molecule has 16 heavy (non-hydrogen) atoms. The second kappa shape index (κ2) is 5.98. The monoisotopic (exact) mass is 365 g/mol. The minimum absolute atomic E-state index is 0.227. The largest absolute Gasteiger partial charge is 0.323 e. The van der Waals surface area contributed by atoms with Crippen LogP contribution in [0.15, 0.2) is 14.3 Å². The SMILES string of the molecule is NC(c1cc(Br)c(Br)s1)C1CCCCCC1. The van der Waals surface area contributed by atoms with Crippen LogP contribution in [0, 0.1) is 5.92 Å². The van der Waals surface area contributed by atoms with Crippen molar-refractivity contribution in [1.82, 2.24) is 0 Å². The van der Waals surface area contributed by atoms with Crippen LogP contribution in [-0.2, 0) is 0 Å². The van der Waals surface area contributed by atoms with E-state index in [-0.39, 0.29) is 6.04 Å². The van der Waals surface area contributed by atoms with Crippen molar-refractivity contribution in [1.29, 1.82) is 0 Å². The molecule has 4 heteroatoms. The van der Waals surface area contributed by atoms with Gasteiger partial charge in [-0.05, 0) is 56.7 Å². The van der Waals surface area contributed by atoms with E-state index >= 15 is 0 Å². The summed E-state index contributed by atoms with van der Waals surface area (Å²) < 4.78 is 2.29. The maximum Gasteiger partial charge on any atom is 0.0843 e. The number of hydrogen-bond donors (Lipinski definition) is 1. The number of nitrogens with two attached hydrogens (primary N) is 1. The first-order valence-electron chi connectivity index (χ1n) is 5.89. The molecule has 2 N–H and O–H groups in total. The molecule has 1 nitrogen and oxygen atoms in total.